The van der Waals surface area contributed by atoms with Crippen molar-refractivity contribution in [3.8, 4) is 5.75 Å². The second-order valence-corrected chi connectivity index (χ2v) is 4.11. The molecule has 1 unspecified atom stereocenters. The van der Waals surface area contributed by atoms with Crippen LogP contribution in [0.25, 0.3) is 0 Å². The van der Waals surface area contributed by atoms with Crippen LogP contribution < -0.4 is 21.1 Å². The Bertz CT molecular complexity index is 410. The van der Waals surface area contributed by atoms with Gasteiger partial charge in [0.25, 0.3) is 0 Å². The molecule has 1 aliphatic heterocycles. The fourth-order valence-electron chi connectivity index (χ4n) is 1.92. The third-order valence-corrected chi connectivity index (χ3v) is 2.91. The standard InChI is InChI=1S/C12H17N3O2/c1-17-10-4-2-3-9(12(10)13)15-8-5-6-11(16)14-7-8/h2-4,8,15H,5-7,13H2,1H3,(H,14,16). The van der Waals surface area contributed by atoms with Crippen molar-refractivity contribution >= 4 is 17.3 Å². The Morgan fingerprint density at radius 3 is 3.00 bits per heavy atom. The van der Waals surface area contributed by atoms with Crippen LogP contribution in [0.3, 0.4) is 0 Å². The molecule has 1 aromatic carbocycles. The number of nitrogens with one attached hydrogen (secondary N) is 2. The van der Waals surface area contributed by atoms with Gasteiger partial charge in [0.2, 0.25) is 5.91 Å². The molecule has 1 amide bonds. The molecule has 5 nitrogen and oxygen atoms in total. The van der Waals surface area contributed by atoms with Crippen LogP contribution in [0.4, 0.5) is 11.4 Å². The van der Waals surface area contributed by atoms with Gasteiger partial charge in [-0.25, -0.2) is 0 Å². The molecule has 4 N–H and O–H groups in total. The minimum absolute atomic E-state index is 0.113. The highest BCUT2D eigenvalue weighted by Gasteiger charge is 2.18. The second kappa shape index (κ2) is 4.95. The first-order valence-corrected chi connectivity index (χ1v) is 5.66. The van der Waals surface area contributed by atoms with Crippen molar-refractivity contribution in [1.82, 2.24) is 5.32 Å². The maximum absolute atomic E-state index is 11.0. The first-order chi connectivity index (χ1) is 8.20. The van der Waals surface area contributed by atoms with Crippen LogP contribution in [0.15, 0.2) is 18.2 Å². The van der Waals surface area contributed by atoms with Gasteiger partial charge in [0, 0.05) is 19.0 Å². The molecule has 92 valence electrons. The number of nitrogen functional groups attached to an aromatic ring is 1. The number of anilines is 2. The summed E-state index contributed by atoms with van der Waals surface area (Å²) >= 11 is 0. The number of benzene rings is 1. The molecule has 5 heteroatoms. The summed E-state index contributed by atoms with van der Waals surface area (Å²) in [5.41, 5.74) is 7.42. The predicted molar refractivity (Wildman–Crippen MR) is 67.1 cm³/mol. The summed E-state index contributed by atoms with van der Waals surface area (Å²) in [7, 11) is 1.59. The third-order valence-electron chi connectivity index (χ3n) is 2.91. The normalized spacial score (nSPS) is 19.6. The molecule has 1 aliphatic rings. The highest BCUT2D eigenvalue weighted by molar-refractivity contribution is 5.77. The molecular formula is C12H17N3O2. The van der Waals surface area contributed by atoms with Gasteiger partial charge >= 0.3 is 0 Å². The average molecular weight is 235 g/mol. The first kappa shape index (κ1) is 11.6. The van der Waals surface area contributed by atoms with E-state index in [1.807, 2.05) is 18.2 Å². The number of carbonyl (C=O) groups excluding carboxylic acids is 1. The van der Waals surface area contributed by atoms with Crippen LogP contribution in [-0.4, -0.2) is 25.6 Å². The van der Waals surface area contributed by atoms with E-state index in [9.17, 15) is 4.79 Å². The van der Waals surface area contributed by atoms with Crippen molar-refractivity contribution in [2.75, 3.05) is 24.7 Å². The minimum Gasteiger partial charge on any atom is -0.495 e. The van der Waals surface area contributed by atoms with Gasteiger partial charge in [0.15, 0.2) is 0 Å². The summed E-state index contributed by atoms with van der Waals surface area (Å²) in [4.78, 5) is 11.0. The molecule has 0 aliphatic carbocycles. The Morgan fingerprint density at radius 1 is 1.53 bits per heavy atom. The number of hydrogen-bond acceptors (Lipinski definition) is 4. The largest absolute Gasteiger partial charge is 0.495 e. The van der Waals surface area contributed by atoms with Gasteiger partial charge in [-0.1, -0.05) is 6.07 Å². The van der Waals surface area contributed by atoms with Crippen molar-refractivity contribution in [2.24, 2.45) is 0 Å². The first-order valence-electron chi connectivity index (χ1n) is 5.66. The Labute approximate surface area is 100 Å². The molecule has 2 rings (SSSR count). The summed E-state index contributed by atoms with van der Waals surface area (Å²) in [5.74, 6) is 0.775. The van der Waals surface area contributed by atoms with E-state index in [-0.39, 0.29) is 11.9 Å². The number of hydrogen-bond donors (Lipinski definition) is 3. The Morgan fingerprint density at radius 2 is 2.35 bits per heavy atom. The van der Waals surface area contributed by atoms with Gasteiger partial charge in [-0.05, 0) is 18.6 Å². The van der Waals surface area contributed by atoms with Gasteiger partial charge in [0.1, 0.15) is 5.75 Å². The summed E-state index contributed by atoms with van der Waals surface area (Å²) in [6.07, 6.45) is 1.38. The van der Waals surface area contributed by atoms with Crippen molar-refractivity contribution < 1.29 is 9.53 Å². The van der Waals surface area contributed by atoms with Gasteiger partial charge in [0.05, 0.1) is 18.5 Å². The van der Waals surface area contributed by atoms with E-state index in [1.54, 1.807) is 7.11 Å². The smallest absolute Gasteiger partial charge is 0.220 e. The molecule has 0 spiro atoms. The Hall–Kier alpha value is -1.91. The van der Waals surface area contributed by atoms with Crippen molar-refractivity contribution in [3.63, 3.8) is 0 Å². The van der Waals surface area contributed by atoms with Crippen LogP contribution in [0, 0.1) is 0 Å². The van der Waals surface area contributed by atoms with E-state index < -0.39 is 0 Å². The number of ether oxygens (including phenoxy) is 1. The van der Waals surface area contributed by atoms with Gasteiger partial charge in [-0.2, -0.15) is 0 Å². The average Bonchev–Trinajstić information content (AvgIpc) is 2.35. The molecule has 0 bridgehead atoms. The zero-order valence-electron chi connectivity index (χ0n) is 9.82. The topological polar surface area (TPSA) is 76.4 Å². The summed E-state index contributed by atoms with van der Waals surface area (Å²) < 4.78 is 5.16. The van der Waals surface area contributed by atoms with E-state index in [4.69, 9.17) is 10.5 Å². The van der Waals surface area contributed by atoms with Crippen molar-refractivity contribution in [3.05, 3.63) is 18.2 Å². The van der Waals surface area contributed by atoms with Crippen molar-refractivity contribution in [2.45, 2.75) is 18.9 Å². The molecular weight excluding hydrogens is 218 g/mol. The van der Waals surface area contributed by atoms with E-state index in [0.717, 1.165) is 12.1 Å². The molecule has 0 aromatic heterocycles. The quantitative estimate of drug-likeness (QED) is 0.682. The molecule has 1 heterocycles. The SMILES string of the molecule is COc1cccc(NC2CCC(=O)NC2)c1N. The molecule has 1 saturated heterocycles. The van der Waals surface area contributed by atoms with Crippen LogP contribution in [0.1, 0.15) is 12.8 Å². The fourth-order valence-corrected chi connectivity index (χ4v) is 1.92. The monoisotopic (exact) mass is 235 g/mol. The highest BCUT2D eigenvalue weighted by atomic mass is 16.5. The van der Waals surface area contributed by atoms with Gasteiger partial charge < -0.3 is 21.1 Å². The zero-order chi connectivity index (χ0) is 12.3. The summed E-state index contributed by atoms with van der Waals surface area (Å²) in [6, 6.07) is 5.85. The number of para-hydroxylation sites is 1. The number of rotatable bonds is 3. The lowest BCUT2D eigenvalue weighted by Gasteiger charge is -2.25. The molecule has 0 radical (unpaired) electrons. The number of amides is 1. The third kappa shape index (κ3) is 2.61. The number of methoxy groups -OCH3 is 1. The molecule has 17 heavy (non-hydrogen) atoms. The van der Waals surface area contributed by atoms with E-state index in [0.29, 0.717) is 24.4 Å². The predicted octanol–water partition coefficient (Wildman–Crippen LogP) is 0.968. The Kier molecular flexibility index (Phi) is 3.37. The van der Waals surface area contributed by atoms with Crippen LogP contribution in [0.5, 0.6) is 5.75 Å². The summed E-state index contributed by atoms with van der Waals surface area (Å²) in [5, 5.41) is 6.15. The minimum atomic E-state index is 0.113. The second-order valence-electron chi connectivity index (χ2n) is 4.11. The molecule has 0 saturated carbocycles. The maximum atomic E-state index is 11.0. The lowest BCUT2D eigenvalue weighted by Crippen LogP contribution is -2.41. The van der Waals surface area contributed by atoms with Crippen LogP contribution in [0.2, 0.25) is 0 Å². The van der Waals surface area contributed by atoms with Crippen LogP contribution >= 0.6 is 0 Å². The summed E-state index contributed by atoms with van der Waals surface area (Å²) in [6.45, 7) is 0.634. The molecule has 1 atom stereocenters. The number of carbonyl (C=O) groups is 1. The highest BCUT2D eigenvalue weighted by Crippen LogP contribution is 2.29. The van der Waals surface area contributed by atoms with Gasteiger partial charge in [-0.15, -0.1) is 0 Å². The lowest BCUT2D eigenvalue weighted by atomic mass is 10.1. The maximum Gasteiger partial charge on any atom is 0.220 e. The Balaban J connectivity index is 2.06. The number of nitrogens with two attached hydrogens (primary N) is 1. The van der Waals surface area contributed by atoms with Crippen LogP contribution in [-0.2, 0) is 4.79 Å². The van der Waals surface area contributed by atoms with E-state index in [1.165, 1.54) is 0 Å². The van der Waals surface area contributed by atoms with Crippen molar-refractivity contribution in [1.29, 1.82) is 0 Å². The van der Waals surface area contributed by atoms with Gasteiger partial charge in [-0.3, -0.25) is 4.79 Å². The van der Waals surface area contributed by atoms with E-state index >= 15 is 0 Å². The zero-order valence-corrected chi connectivity index (χ0v) is 9.82. The molecule has 1 aromatic rings. The molecule has 1 fully saturated rings. The number of piperidine rings is 1. The lowest BCUT2D eigenvalue weighted by molar-refractivity contribution is -0.122. The van der Waals surface area contributed by atoms with E-state index in [2.05, 4.69) is 10.6 Å². The fraction of sp³-hybridized carbons (Fsp3) is 0.417.